The van der Waals surface area contributed by atoms with Crippen molar-refractivity contribution in [1.82, 2.24) is 10.6 Å². The topological polar surface area (TPSA) is 365 Å². The molecule has 0 aliphatic rings. The van der Waals surface area contributed by atoms with Gasteiger partial charge in [-0.2, -0.15) is 0 Å². The predicted molar refractivity (Wildman–Crippen MR) is 298 cm³/mol. The van der Waals surface area contributed by atoms with Gasteiger partial charge in [0.2, 0.25) is 23.6 Å². The van der Waals surface area contributed by atoms with Crippen molar-refractivity contribution in [3.63, 3.8) is 0 Å². The van der Waals surface area contributed by atoms with Gasteiger partial charge in [-0.25, -0.2) is 0 Å². The predicted octanol–water partition coefficient (Wildman–Crippen LogP) is 7.31. The second kappa shape index (κ2) is 32.5. The van der Waals surface area contributed by atoms with Crippen molar-refractivity contribution >= 4 is 87.7 Å². The Morgan fingerprint density at radius 1 is 0.500 bits per heavy atom. The van der Waals surface area contributed by atoms with Crippen LogP contribution in [-0.4, -0.2) is 103 Å². The van der Waals surface area contributed by atoms with Gasteiger partial charge in [0.1, 0.15) is 0 Å². The molecule has 22 heteroatoms. The number of nitrogens with two attached hydrogens (primary N) is 2. The molecule has 0 bridgehead atoms. The van der Waals surface area contributed by atoms with Gasteiger partial charge in [-0.3, -0.25) is 52.7 Å². The fourth-order valence-electron chi connectivity index (χ4n) is 8.55. The fourth-order valence-corrected chi connectivity index (χ4v) is 10.4. The third-order valence-corrected chi connectivity index (χ3v) is 15.1. The average Bonchev–Trinajstić information content (AvgIpc) is 4.09. The number of thiophene rings is 2. The molecule has 0 saturated heterocycles. The van der Waals surface area contributed by atoms with Crippen LogP contribution in [0.4, 0.5) is 0 Å². The second-order valence-electron chi connectivity index (χ2n) is 19.2. The van der Waals surface area contributed by atoms with Crippen molar-refractivity contribution in [2.45, 2.75) is 115 Å². The van der Waals surface area contributed by atoms with E-state index in [4.69, 9.17) is 26.8 Å². The van der Waals surface area contributed by atoms with Gasteiger partial charge in [0, 0.05) is 66.5 Å². The number of carboxylic acid groups (broad SMARTS) is 5. The average molecular weight is 1140 g/mol. The Bertz CT molecular complexity index is 2950. The first-order chi connectivity index (χ1) is 38.0. The van der Waals surface area contributed by atoms with Gasteiger partial charge >= 0.3 is 29.8 Å². The molecule has 5 rings (SSSR count). The van der Waals surface area contributed by atoms with Crippen LogP contribution >= 0.6 is 22.7 Å². The number of aliphatic carboxylic acids is 5. The highest BCUT2D eigenvalue weighted by molar-refractivity contribution is 7.14. The van der Waals surface area contributed by atoms with Crippen molar-refractivity contribution < 1.29 is 78.3 Å². The maximum absolute atomic E-state index is 13.3. The summed E-state index contributed by atoms with van der Waals surface area (Å²) < 4.78 is 0. The van der Waals surface area contributed by atoms with E-state index in [1.54, 1.807) is 34.8 Å². The van der Waals surface area contributed by atoms with Crippen molar-refractivity contribution in [2.24, 2.45) is 29.2 Å². The molecule has 0 spiro atoms. The number of amides is 4. The van der Waals surface area contributed by atoms with Crippen molar-refractivity contribution in [2.75, 3.05) is 0 Å². The van der Waals surface area contributed by atoms with Crippen LogP contribution in [0.25, 0.3) is 32.0 Å². The molecule has 426 valence electrons. The Morgan fingerprint density at radius 2 is 1.02 bits per heavy atom. The molecule has 5 atom stereocenters. The number of hydrogen-bond acceptors (Lipinski definition) is 13. The zero-order chi connectivity index (χ0) is 58.9. The Hall–Kier alpha value is -8.37. The van der Waals surface area contributed by atoms with Gasteiger partial charge in [0.15, 0.2) is 11.6 Å². The third-order valence-electron chi connectivity index (χ3n) is 13.0. The Morgan fingerprint density at radius 3 is 1.55 bits per heavy atom. The number of carboxylic acids is 5. The lowest BCUT2D eigenvalue weighted by atomic mass is 9.90. The first kappa shape index (κ1) is 64.2. The van der Waals surface area contributed by atoms with Crippen LogP contribution < -0.4 is 22.1 Å². The highest BCUT2D eigenvalue weighted by Crippen LogP contribution is 2.33. The maximum atomic E-state index is 13.3. The van der Waals surface area contributed by atoms with Gasteiger partial charge in [-0.05, 0) is 114 Å². The number of Topliss-reactive ketones (excluding diaryl/α,β-unsaturated/α-hetero) is 2. The maximum Gasteiger partial charge on any atom is 0.304 e. The minimum Gasteiger partial charge on any atom is -0.481 e. The number of ketones is 2. The Kier molecular flexibility index (Phi) is 26.1. The molecular formula is C58H66N4O16S2. The number of primary amides is 2. The van der Waals surface area contributed by atoms with Gasteiger partial charge in [0.05, 0.1) is 24.4 Å². The smallest absolute Gasteiger partial charge is 0.304 e. The van der Waals surface area contributed by atoms with E-state index in [1.807, 2.05) is 79.0 Å². The fraction of sp³-hybridized carbons (Fsp3) is 0.362. The zero-order valence-corrected chi connectivity index (χ0v) is 45.6. The molecular weight excluding hydrogens is 1070 g/mol. The summed E-state index contributed by atoms with van der Waals surface area (Å²) in [4.78, 5) is 133. The molecule has 4 amide bonds. The van der Waals surface area contributed by atoms with Gasteiger partial charge < -0.3 is 47.6 Å². The summed E-state index contributed by atoms with van der Waals surface area (Å²) in [5, 5.41) is 54.5. The molecule has 0 fully saturated rings. The van der Waals surface area contributed by atoms with Crippen molar-refractivity contribution in [3.05, 3.63) is 118 Å². The van der Waals surface area contributed by atoms with Crippen LogP contribution in [0.15, 0.2) is 102 Å². The minimum atomic E-state index is -1.30. The molecule has 0 radical (unpaired) electrons. The molecule has 20 nitrogen and oxygen atoms in total. The molecule has 11 N–H and O–H groups in total. The van der Waals surface area contributed by atoms with Crippen LogP contribution in [0.3, 0.4) is 0 Å². The molecule has 0 aliphatic heterocycles. The van der Waals surface area contributed by atoms with E-state index in [9.17, 15) is 63.0 Å². The van der Waals surface area contributed by atoms with Crippen LogP contribution in [0.1, 0.15) is 100 Å². The Labute approximate surface area is 469 Å². The third kappa shape index (κ3) is 22.5. The first-order valence-corrected chi connectivity index (χ1v) is 27.4. The van der Waals surface area contributed by atoms with Gasteiger partial charge in [-0.15, -0.1) is 22.7 Å². The summed E-state index contributed by atoms with van der Waals surface area (Å²) in [6.45, 7) is 2.05. The molecule has 80 heavy (non-hydrogen) atoms. The van der Waals surface area contributed by atoms with E-state index in [0.717, 1.165) is 32.7 Å². The van der Waals surface area contributed by atoms with E-state index < -0.39 is 114 Å². The molecule has 2 aromatic heterocycles. The molecule has 0 saturated carbocycles. The van der Waals surface area contributed by atoms with E-state index in [0.29, 0.717) is 12.0 Å². The quantitative estimate of drug-likeness (QED) is 0.0195. The number of rotatable bonds is 34. The number of hydrogen-bond donors (Lipinski definition) is 9. The number of benzene rings is 3. The monoisotopic (exact) mass is 1140 g/mol. The molecule has 0 unspecified atom stereocenters. The number of carbonyl (C=O) groups is 11. The largest absolute Gasteiger partial charge is 0.481 e. The SMILES string of the molecule is Cc1ccsc1-c1ccc(CCC(=O)N[C@@H](CCC(=O)O)C(=O)C[C@@H](CCC(=O)O)C(N)=O)cc1.NC(=O)[C@H](CCCC(=O)O)CC(=O)[C@H](CCC(=O)O)NC(=O)[C@@H](CC(=O)O)Cc1ccc(-c2cc(-c3ccccc3)cs2)cc1. The summed E-state index contributed by atoms with van der Waals surface area (Å²) in [6, 6.07) is 26.9. The van der Waals surface area contributed by atoms with Gasteiger partial charge in [0.25, 0.3) is 0 Å². The molecule has 3 aromatic carbocycles. The van der Waals surface area contributed by atoms with Crippen LogP contribution in [0.5, 0.6) is 0 Å². The van der Waals surface area contributed by atoms with E-state index in [-0.39, 0.29) is 70.6 Å². The standard InChI is InChI=1S/C33H36N2O9S.C25H30N2O7S/c34-32(43)23(7-4-8-29(37)38)16-27(36)26(13-14-30(39)40)35-33(44)24(18-31(41)42)15-20-9-11-22(12-10-20)28-17-25(19-45-28)21-5-2-1-3-6-21;1-15-12-13-35-24(15)17-5-2-16(3-6-17)4-9-21(29)27-19(8-11-23(32)33)20(28)14-18(25(26)34)7-10-22(30)31/h1-3,5-6,9-12,17,19,23-24,26H,4,7-8,13-16,18H2,(H2,34,43)(H,35,44)(H,37,38)(H,39,40)(H,41,42);2-3,5-6,12-13,18-19H,4,7-11,14H2,1H3,(H2,26,34)(H,27,29)(H,30,31)(H,32,33)/t23-,24-,26+;18-,19+/m11/s1. The lowest BCUT2D eigenvalue weighted by molar-refractivity contribution is -0.141. The van der Waals surface area contributed by atoms with Crippen molar-refractivity contribution in [3.8, 4) is 32.0 Å². The van der Waals surface area contributed by atoms with E-state index in [1.165, 1.54) is 10.4 Å². The lowest BCUT2D eigenvalue weighted by Crippen LogP contribution is -2.46. The van der Waals surface area contributed by atoms with Crippen molar-refractivity contribution in [1.29, 1.82) is 0 Å². The number of carbonyl (C=O) groups excluding carboxylic acids is 6. The van der Waals surface area contributed by atoms with Crippen LogP contribution in [0, 0.1) is 24.7 Å². The number of nitrogens with one attached hydrogen (secondary N) is 2. The second-order valence-corrected chi connectivity index (χ2v) is 21.0. The molecule has 2 heterocycles. The minimum absolute atomic E-state index is 0.0314. The van der Waals surface area contributed by atoms with Gasteiger partial charge in [-0.1, -0.05) is 78.9 Å². The summed E-state index contributed by atoms with van der Waals surface area (Å²) >= 11 is 3.24. The zero-order valence-electron chi connectivity index (χ0n) is 44.0. The highest BCUT2D eigenvalue weighted by Gasteiger charge is 2.31. The number of aryl methyl sites for hydroxylation is 2. The summed E-state index contributed by atoms with van der Waals surface area (Å²) in [5.74, 6) is -12.8. The van der Waals surface area contributed by atoms with E-state index in [2.05, 4.69) is 28.1 Å². The highest BCUT2D eigenvalue weighted by atomic mass is 32.1. The lowest BCUT2D eigenvalue weighted by Gasteiger charge is -2.23. The first-order valence-electron chi connectivity index (χ1n) is 25.7. The summed E-state index contributed by atoms with van der Waals surface area (Å²) in [6.07, 6.45) is -2.51. The summed E-state index contributed by atoms with van der Waals surface area (Å²) in [7, 11) is 0. The summed E-state index contributed by atoms with van der Waals surface area (Å²) in [5.41, 5.74) is 17.8. The normalized spacial score (nSPS) is 12.7. The molecule has 0 aliphatic carbocycles. The van der Waals surface area contributed by atoms with Crippen LogP contribution in [-0.2, 0) is 65.6 Å². The van der Waals surface area contributed by atoms with E-state index >= 15 is 0 Å². The molecule has 5 aromatic rings. The Balaban J connectivity index is 0.000000356. The van der Waals surface area contributed by atoms with Crippen LogP contribution in [0.2, 0.25) is 0 Å².